The van der Waals surface area contributed by atoms with Crippen LogP contribution in [0.2, 0.25) is 5.02 Å². The minimum Gasteiger partial charge on any atom is -0.507 e. The van der Waals surface area contributed by atoms with Gasteiger partial charge in [0, 0.05) is 10.6 Å². The second-order valence-electron chi connectivity index (χ2n) is 6.15. The quantitative estimate of drug-likeness (QED) is 0.461. The lowest BCUT2D eigenvalue weighted by molar-refractivity contribution is -0.123. The first-order chi connectivity index (χ1) is 12.8. The van der Waals surface area contributed by atoms with Crippen molar-refractivity contribution in [2.75, 3.05) is 0 Å². The number of carbonyl (C=O) groups is 2. The minimum atomic E-state index is -0.764. The molecular formula is C19H19BrClN3O3. The molecule has 0 radical (unpaired) electrons. The van der Waals surface area contributed by atoms with E-state index < -0.39 is 17.9 Å². The van der Waals surface area contributed by atoms with Crippen LogP contribution in [0.25, 0.3) is 0 Å². The number of nitrogens with zero attached hydrogens (tertiary/aromatic N) is 1. The number of hydrogen-bond donors (Lipinski definition) is 3. The van der Waals surface area contributed by atoms with Gasteiger partial charge in [-0.15, -0.1) is 0 Å². The van der Waals surface area contributed by atoms with E-state index in [9.17, 15) is 14.7 Å². The molecule has 6 nitrogen and oxygen atoms in total. The summed E-state index contributed by atoms with van der Waals surface area (Å²) in [6, 6.07) is 10.5. The summed E-state index contributed by atoms with van der Waals surface area (Å²) in [5.41, 5.74) is 3.48. The summed E-state index contributed by atoms with van der Waals surface area (Å²) in [4.78, 5) is 24.8. The summed E-state index contributed by atoms with van der Waals surface area (Å²) < 4.78 is 0.520. The Kier molecular flexibility index (Phi) is 7.38. The van der Waals surface area contributed by atoms with Crippen molar-refractivity contribution in [1.82, 2.24) is 10.7 Å². The molecule has 0 aromatic heterocycles. The number of benzene rings is 2. The molecule has 2 aromatic carbocycles. The molecule has 3 N–H and O–H groups in total. The Balaban J connectivity index is 2.02. The number of hydrazone groups is 1. The summed E-state index contributed by atoms with van der Waals surface area (Å²) in [6.45, 7) is 3.65. The molecule has 0 aliphatic heterocycles. The predicted molar refractivity (Wildman–Crippen MR) is 109 cm³/mol. The summed E-state index contributed by atoms with van der Waals surface area (Å²) in [5.74, 6) is -0.863. The molecule has 0 aliphatic rings. The van der Waals surface area contributed by atoms with Crippen molar-refractivity contribution in [3.05, 3.63) is 63.1 Å². The number of nitrogens with one attached hydrogen (secondary N) is 2. The Hall–Kier alpha value is -2.38. The van der Waals surface area contributed by atoms with E-state index >= 15 is 0 Å². The van der Waals surface area contributed by atoms with Gasteiger partial charge in [0.05, 0.1) is 10.7 Å². The van der Waals surface area contributed by atoms with Crippen LogP contribution in [0, 0.1) is 5.92 Å². The van der Waals surface area contributed by atoms with Crippen LogP contribution in [-0.2, 0) is 4.79 Å². The van der Waals surface area contributed by atoms with Crippen LogP contribution >= 0.6 is 27.5 Å². The molecule has 0 heterocycles. The van der Waals surface area contributed by atoms with Crippen LogP contribution in [0.3, 0.4) is 0 Å². The molecule has 2 rings (SSSR count). The van der Waals surface area contributed by atoms with Crippen molar-refractivity contribution >= 4 is 45.6 Å². The zero-order valence-electron chi connectivity index (χ0n) is 14.7. The van der Waals surface area contributed by atoms with E-state index in [2.05, 4.69) is 31.8 Å². The molecule has 0 saturated carbocycles. The number of carbonyl (C=O) groups excluding carboxylic acids is 2. The van der Waals surface area contributed by atoms with Crippen molar-refractivity contribution in [3.63, 3.8) is 0 Å². The highest BCUT2D eigenvalue weighted by molar-refractivity contribution is 9.10. The number of phenols is 1. The topological polar surface area (TPSA) is 90.8 Å². The number of aromatic hydroxyl groups is 1. The van der Waals surface area contributed by atoms with Crippen molar-refractivity contribution in [3.8, 4) is 5.75 Å². The summed E-state index contributed by atoms with van der Waals surface area (Å²) in [6.07, 6.45) is 1.44. The van der Waals surface area contributed by atoms with Gasteiger partial charge in [-0.25, -0.2) is 5.43 Å². The van der Waals surface area contributed by atoms with Crippen molar-refractivity contribution in [2.24, 2.45) is 11.0 Å². The summed E-state index contributed by atoms with van der Waals surface area (Å²) >= 11 is 9.11. The smallest absolute Gasteiger partial charge is 0.262 e. The van der Waals surface area contributed by atoms with Gasteiger partial charge in [0.1, 0.15) is 11.8 Å². The van der Waals surface area contributed by atoms with E-state index in [-0.39, 0.29) is 11.7 Å². The monoisotopic (exact) mass is 451 g/mol. The third kappa shape index (κ3) is 6.08. The molecule has 0 saturated heterocycles. The number of hydrogen-bond acceptors (Lipinski definition) is 4. The third-order valence-electron chi connectivity index (χ3n) is 3.68. The minimum absolute atomic E-state index is 0.111. The maximum Gasteiger partial charge on any atom is 0.262 e. The molecular weight excluding hydrogens is 434 g/mol. The third-order valence-corrected chi connectivity index (χ3v) is 4.55. The highest BCUT2D eigenvalue weighted by Crippen LogP contribution is 2.23. The lowest BCUT2D eigenvalue weighted by Crippen LogP contribution is -2.48. The summed E-state index contributed by atoms with van der Waals surface area (Å²) in [5, 5.41) is 16.5. The molecule has 2 amide bonds. The largest absolute Gasteiger partial charge is 0.507 e. The van der Waals surface area contributed by atoms with Crippen molar-refractivity contribution < 1.29 is 14.7 Å². The van der Waals surface area contributed by atoms with Crippen LogP contribution in [0.15, 0.2) is 52.0 Å². The van der Waals surface area contributed by atoms with Crippen LogP contribution < -0.4 is 10.7 Å². The van der Waals surface area contributed by atoms with E-state index in [0.29, 0.717) is 20.6 Å². The van der Waals surface area contributed by atoms with Gasteiger partial charge in [-0.3, -0.25) is 9.59 Å². The second kappa shape index (κ2) is 9.53. The average Bonchev–Trinajstić information content (AvgIpc) is 2.62. The molecule has 0 spiro atoms. The number of halogens is 2. The molecule has 0 bridgehead atoms. The van der Waals surface area contributed by atoms with Crippen LogP contribution in [0.5, 0.6) is 5.75 Å². The normalized spacial score (nSPS) is 12.2. The fourth-order valence-electron chi connectivity index (χ4n) is 2.23. The first kappa shape index (κ1) is 20.9. The highest BCUT2D eigenvalue weighted by atomic mass is 79.9. The van der Waals surface area contributed by atoms with Crippen molar-refractivity contribution in [2.45, 2.75) is 19.9 Å². The fourth-order valence-corrected chi connectivity index (χ4v) is 2.82. The Morgan fingerprint density at radius 3 is 2.59 bits per heavy atom. The average molecular weight is 453 g/mol. The van der Waals surface area contributed by atoms with Gasteiger partial charge in [0.2, 0.25) is 0 Å². The van der Waals surface area contributed by atoms with E-state index in [0.717, 1.165) is 0 Å². The van der Waals surface area contributed by atoms with E-state index in [4.69, 9.17) is 11.6 Å². The zero-order chi connectivity index (χ0) is 20.0. The maximum atomic E-state index is 12.4. The molecule has 0 fully saturated rings. The fraction of sp³-hybridized carbons (Fsp3) is 0.211. The lowest BCUT2D eigenvalue weighted by Gasteiger charge is -2.20. The Morgan fingerprint density at radius 2 is 1.96 bits per heavy atom. The van der Waals surface area contributed by atoms with E-state index in [1.54, 1.807) is 30.3 Å². The van der Waals surface area contributed by atoms with E-state index in [1.165, 1.54) is 18.3 Å². The van der Waals surface area contributed by atoms with Gasteiger partial charge in [-0.05, 0) is 63.8 Å². The highest BCUT2D eigenvalue weighted by Gasteiger charge is 2.24. The first-order valence-electron chi connectivity index (χ1n) is 8.16. The first-order valence-corrected chi connectivity index (χ1v) is 9.33. The van der Waals surface area contributed by atoms with Crippen LogP contribution in [0.4, 0.5) is 0 Å². The molecule has 8 heteroatoms. The number of rotatable bonds is 6. The van der Waals surface area contributed by atoms with E-state index in [1.807, 2.05) is 13.8 Å². The molecule has 142 valence electrons. The standard InChI is InChI=1S/C19H19BrClN3O3/c1-11(2)17(23-18(26)13-4-3-5-14(21)9-13)19(27)24-22-10-12-6-7-16(25)15(20)8-12/h3-11,17,25H,1-2H3,(H,23,26)(H,24,27). The lowest BCUT2D eigenvalue weighted by atomic mass is 10.0. The van der Waals surface area contributed by atoms with Gasteiger partial charge in [0.25, 0.3) is 11.8 Å². The zero-order valence-corrected chi connectivity index (χ0v) is 17.1. The Labute approximate surface area is 170 Å². The number of phenolic OH excluding ortho intramolecular Hbond substituents is 1. The predicted octanol–water partition coefficient (Wildman–Crippen LogP) is 3.71. The van der Waals surface area contributed by atoms with Crippen molar-refractivity contribution in [1.29, 1.82) is 0 Å². The maximum absolute atomic E-state index is 12.4. The van der Waals surface area contributed by atoms with Gasteiger partial charge in [-0.1, -0.05) is 31.5 Å². The Morgan fingerprint density at radius 1 is 1.22 bits per heavy atom. The molecule has 1 atom stereocenters. The molecule has 0 aliphatic carbocycles. The Bertz CT molecular complexity index is 871. The molecule has 27 heavy (non-hydrogen) atoms. The van der Waals surface area contributed by atoms with Gasteiger partial charge < -0.3 is 10.4 Å². The SMILES string of the molecule is CC(C)C(NC(=O)c1cccc(Cl)c1)C(=O)NN=Cc1ccc(O)c(Br)c1. The summed E-state index contributed by atoms with van der Waals surface area (Å²) in [7, 11) is 0. The van der Waals surface area contributed by atoms with Gasteiger partial charge in [-0.2, -0.15) is 5.10 Å². The number of amides is 2. The second-order valence-corrected chi connectivity index (χ2v) is 7.44. The molecule has 2 aromatic rings. The van der Waals surface area contributed by atoms with Crippen LogP contribution in [-0.4, -0.2) is 29.2 Å². The van der Waals surface area contributed by atoms with Gasteiger partial charge in [0.15, 0.2) is 0 Å². The van der Waals surface area contributed by atoms with Crippen LogP contribution in [0.1, 0.15) is 29.8 Å². The van der Waals surface area contributed by atoms with Gasteiger partial charge >= 0.3 is 0 Å². The molecule has 1 unspecified atom stereocenters.